The van der Waals surface area contributed by atoms with Gasteiger partial charge in [-0.05, 0) is 42.7 Å². The number of benzene rings is 1. The van der Waals surface area contributed by atoms with Gasteiger partial charge in [0.05, 0.1) is 4.92 Å². The second-order valence-corrected chi connectivity index (χ2v) is 7.93. The zero-order valence-corrected chi connectivity index (χ0v) is 13.2. The maximum atomic E-state index is 12.4. The lowest BCUT2D eigenvalue weighted by molar-refractivity contribution is -0.387. The summed E-state index contributed by atoms with van der Waals surface area (Å²) in [6, 6.07) is 3.56. The van der Waals surface area contributed by atoms with Gasteiger partial charge in [0.15, 0.2) is 4.90 Å². The summed E-state index contributed by atoms with van der Waals surface area (Å²) in [6.07, 6.45) is 6.36. The third-order valence-electron chi connectivity index (χ3n) is 4.36. The first-order valence-corrected chi connectivity index (χ1v) is 8.85. The van der Waals surface area contributed by atoms with Gasteiger partial charge in [-0.25, -0.2) is 13.1 Å². The fraction of sp³-hybridized carbons (Fsp3) is 0.429. The Morgan fingerprint density at radius 3 is 2.68 bits per heavy atom. The lowest BCUT2D eigenvalue weighted by Gasteiger charge is -2.18. The van der Waals surface area contributed by atoms with E-state index < -0.39 is 20.6 Å². The van der Waals surface area contributed by atoms with Crippen molar-refractivity contribution in [3.63, 3.8) is 0 Å². The number of nitro groups is 1. The van der Waals surface area contributed by atoms with E-state index in [1.54, 1.807) is 0 Å². The van der Waals surface area contributed by atoms with Crippen LogP contribution in [0.4, 0.5) is 5.69 Å². The van der Waals surface area contributed by atoms with Gasteiger partial charge in [-0.2, -0.15) is 0 Å². The smallest absolute Gasteiger partial charge is 0.258 e. The lowest BCUT2D eigenvalue weighted by Crippen LogP contribution is -2.31. The first-order valence-electron chi connectivity index (χ1n) is 6.99. The van der Waals surface area contributed by atoms with Crippen LogP contribution in [0, 0.1) is 27.9 Å². The Bertz CT molecular complexity index is 747. The van der Waals surface area contributed by atoms with E-state index in [1.165, 1.54) is 12.1 Å². The largest absolute Gasteiger partial charge is 0.290 e. The van der Waals surface area contributed by atoms with E-state index in [1.807, 2.05) is 0 Å². The number of allylic oxidation sites excluding steroid dienone is 2. The van der Waals surface area contributed by atoms with Crippen molar-refractivity contribution in [1.82, 2.24) is 4.72 Å². The summed E-state index contributed by atoms with van der Waals surface area (Å²) in [7, 11) is -3.93. The van der Waals surface area contributed by atoms with Gasteiger partial charge in [0.2, 0.25) is 10.0 Å². The van der Waals surface area contributed by atoms with Crippen LogP contribution >= 0.6 is 11.6 Å². The molecular formula is C14H15ClN2O4S. The molecule has 0 aromatic heterocycles. The van der Waals surface area contributed by atoms with Crippen LogP contribution in [0.15, 0.2) is 35.2 Å². The highest BCUT2D eigenvalue weighted by molar-refractivity contribution is 7.89. The van der Waals surface area contributed by atoms with Crippen molar-refractivity contribution in [2.75, 3.05) is 6.54 Å². The van der Waals surface area contributed by atoms with Gasteiger partial charge in [0, 0.05) is 17.6 Å². The van der Waals surface area contributed by atoms with E-state index in [-0.39, 0.29) is 15.8 Å². The molecule has 1 aromatic rings. The number of nitro benzene ring substituents is 1. The summed E-state index contributed by atoms with van der Waals surface area (Å²) < 4.78 is 27.2. The third-order valence-corrected chi connectivity index (χ3v) is 6.07. The van der Waals surface area contributed by atoms with Crippen LogP contribution < -0.4 is 4.72 Å². The summed E-state index contributed by atoms with van der Waals surface area (Å²) in [6.45, 7) is 0.299. The molecule has 1 saturated carbocycles. The standard InChI is InChI=1S/C14H15ClN2O4S/c15-12-3-4-14(13(7-12)17(18)19)22(20,21)16-8-11-6-9-1-2-10(11)5-9/h1-4,7,9-11,16H,5-6,8H2/t9-,10+,11-/m1/s1. The molecule has 0 saturated heterocycles. The summed E-state index contributed by atoms with van der Waals surface area (Å²) in [5.41, 5.74) is -0.507. The maximum Gasteiger partial charge on any atom is 0.290 e. The second kappa shape index (κ2) is 5.64. The first-order chi connectivity index (χ1) is 10.4. The van der Waals surface area contributed by atoms with Crippen LogP contribution in [0.3, 0.4) is 0 Å². The number of nitrogens with one attached hydrogen (secondary N) is 1. The van der Waals surface area contributed by atoms with Crippen LogP contribution in [0.2, 0.25) is 5.02 Å². The number of rotatable bonds is 5. The number of hydrogen-bond acceptors (Lipinski definition) is 4. The molecule has 0 unspecified atom stereocenters. The van der Waals surface area contributed by atoms with Crippen LogP contribution in [-0.4, -0.2) is 19.9 Å². The number of sulfonamides is 1. The maximum absolute atomic E-state index is 12.4. The third kappa shape index (κ3) is 2.88. The molecule has 3 atom stereocenters. The molecule has 1 aromatic carbocycles. The van der Waals surface area contributed by atoms with Gasteiger partial charge in [0.1, 0.15) is 0 Å². The molecule has 8 heteroatoms. The number of nitrogens with zero attached hydrogens (tertiary/aromatic N) is 1. The van der Waals surface area contributed by atoms with Crippen molar-refractivity contribution in [3.05, 3.63) is 45.5 Å². The average molecular weight is 343 g/mol. The van der Waals surface area contributed by atoms with Crippen molar-refractivity contribution in [2.45, 2.75) is 17.7 Å². The molecule has 0 spiro atoms. The molecule has 1 fully saturated rings. The molecular weight excluding hydrogens is 328 g/mol. The monoisotopic (exact) mass is 342 g/mol. The molecule has 6 nitrogen and oxygen atoms in total. The molecule has 3 rings (SSSR count). The Morgan fingerprint density at radius 2 is 2.09 bits per heavy atom. The molecule has 2 aliphatic carbocycles. The fourth-order valence-electron chi connectivity index (χ4n) is 3.28. The minimum absolute atomic E-state index is 0.129. The van der Waals surface area contributed by atoms with Gasteiger partial charge in [-0.1, -0.05) is 23.8 Å². The predicted molar refractivity (Wildman–Crippen MR) is 82.1 cm³/mol. The predicted octanol–water partition coefficient (Wildman–Crippen LogP) is 2.74. The molecule has 22 heavy (non-hydrogen) atoms. The molecule has 0 aliphatic heterocycles. The van der Waals surface area contributed by atoms with Gasteiger partial charge in [-0.15, -0.1) is 0 Å². The normalized spacial score (nSPS) is 26.5. The Hall–Kier alpha value is -1.44. The second-order valence-electron chi connectivity index (χ2n) is 5.76. The topological polar surface area (TPSA) is 89.3 Å². The number of fused-ring (bicyclic) bond motifs is 2. The van der Waals surface area contributed by atoms with Crippen molar-refractivity contribution in [3.8, 4) is 0 Å². The van der Waals surface area contributed by atoms with E-state index in [0.29, 0.717) is 18.4 Å². The highest BCUT2D eigenvalue weighted by Crippen LogP contribution is 2.43. The summed E-state index contributed by atoms with van der Waals surface area (Å²) >= 11 is 5.71. The van der Waals surface area contributed by atoms with Gasteiger partial charge in [0.25, 0.3) is 5.69 Å². The SMILES string of the molecule is O=[N+]([O-])c1cc(Cl)ccc1S(=O)(=O)NC[C@H]1C[C@@H]2C=C[C@H]1C2. The molecule has 0 amide bonds. The van der Waals surface area contributed by atoms with Crippen LogP contribution in [0.25, 0.3) is 0 Å². The Balaban J connectivity index is 1.78. The van der Waals surface area contributed by atoms with Crippen molar-refractivity contribution < 1.29 is 13.3 Å². The van der Waals surface area contributed by atoms with Gasteiger partial charge >= 0.3 is 0 Å². The molecule has 0 radical (unpaired) electrons. The summed E-state index contributed by atoms with van der Waals surface area (Å²) in [5.74, 6) is 1.22. The van der Waals surface area contributed by atoms with E-state index in [9.17, 15) is 18.5 Å². The highest BCUT2D eigenvalue weighted by atomic mass is 35.5. The van der Waals surface area contributed by atoms with E-state index >= 15 is 0 Å². The Kier molecular flexibility index (Phi) is 3.96. The number of hydrogen-bond donors (Lipinski definition) is 1. The molecule has 2 bridgehead atoms. The minimum atomic E-state index is -3.93. The Morgan fingerprint density at radius 1 is 1.32 bits per heavy atom. The van der Waals surface area contributed by atoms with Crippen LogP contribution in [0.5, 0.6) is 0 Å². The van der Waals surface area contributed by atoms with Gasteiger partial charge in [-0.3, -0.25) is 10.1 Å². The van der Waals surface area contributed by atoms with Crippen molar-refractivity contribution in [2.24, 2.45) is 17.8 Å². The van der Waals surface area contributed by atoms with E-state index in [0.717, 1.165) is 18.9 Å². The van der Waals surface area contributed by atoms with Gasteiger partial charge < -0.3 is 0 Å². The van der Waals surface area contributed by atoms with Crippen molar-refractivity contribution in [1.29, 1.82) is 0 Å². The molecule has 1 N–H and O–H groups in total. The van der Waals surface area contributed by atoms with E-state index in [4.69, 9.17) is 11.6 Å². The van der Waals surface area contributed by atoms with Crippen LogP contribution in [0.1, 0.15) is 12.8 Å². The van der Waals surface area contributed by atoms with Crippen molar-refractivity contribution >= 4 is 27.3 Å². The first kappa shape index (κ1) is 15.5. The fourth-order valence-corrected chi connectivity index (χ4v) is 4.70. The minimum Gasteiger partial charge on any atom is -0.258 e. The Labute approximate surface area is 133 Å². The van der Waals surface area contributed by atoms with E-state index in [2.05, 4.69) is 16.9 Å². The lowest BCUT2D eigenvalue weighted by atomic mass is 9.94. The molecule has 2 aliphatic rings. The zero-order valence-electron chi connectivity index (χ0n) is 11.6. The quantitative estimate of drug-likeness (QED) is 0.506. The molecule has 118 valence electrons. The summed E-state index contributed by atoms with van der Waals surface area (Å²) in [5, 5.41) is 11.2. The summed E-state index contributed by atoms with van der Waals surface area (Å²) in [4.78, 5) is 9.95. The average Bonchev–Trinajstić information content (AvgIpc) is 3.07. The molecule has 0 heterocycles. The number of halogens is 1. The highest BCUT2D eigenvalue weighted by Gasteiger charge is 2.36. The van der Waals surface area contributed by atoms with Crippen LogP contribution in [-0.2, 0) is 10.0 Å². The zero-order chi connectivity index (χ0) is 15.9.